The molecule has 1 atom stereocenters. The number of carbonyl (C=O) groups is 1. The Kier molecular flexibility index (Phi) is 5.52. The van der Waals surface area contributed by atoms with Crippen LogP contribution in [0.25, 0.3) is 10.9 Å². The Hall–Kier alpha value is -2.88. The quantitative estimate of drug-likeness (QED) is 0.730. The predicted molar refractivity (Wildman–Crippen MR) is 105 cm³/mol. The van der Waals surface area contributed by atoms with E-state index < -0.39 is 0 Å². The van der Waals surface area contributed by atoms with Gasteiger partial charge >= 0.3 is 0 Å². The number of likely N-dealkylation sites (N-methyl/N-ethyl adjacent to an activating group) is 1. The minimum Gasteiger partial charge on any atom is -0.336 e. The first-order valence-electron chi connectivity index (χ1n) is 9.09. The van der Waals surface area contributed by atoms with Crippen LogP contribution in [0.4, 0.5) is 0 Å². The molecule has 0 aliphatic heterocycles. The molecule has 4 nitrogen and oxygen atoms in total. The zero-order valence-electron chi connectivity index (χ0n) is 15.2. The molecule has 2 aromatic carbocycles. The SMILES string of the molecule is CCC(c1ccccc1)N(CC)C(=O)Cc1cc2ccccc2[nH]c1=O. The van der Waals surface area contributed by atoms with Gasteiger partial charge in [0.2, 0.25) is 5.91 Å². The smallest absolute Gasteiger partial charge is 0.252 e. The number of aromatic amines is 1. The lowest BCUT2D eigenvalue weighted by Gasteiger charge is -2.30. The second-order valence-electron chi connectivity index (χ2n) is 6.40. The fraction of sp³-hybridized carbons (Fsp3) is 0.273. The summed E-state index contributed by atoms with van der Waals surface area (Å²) in [7, 11) is 0. The predicted octanol–water partition coefficient (Wildman–Crippen LogP) is 4.07. The van der Waals surface area contributed by atoms with Crippen molar-refractivity contribution in [1.29, 1.82) is 0 Å². The van der Waals surface area contributed by atoms with E-state index in [4.69, 9.17) is 0 Å². The van der Waals surface area contributed by atoms with Crippen LogP contribution in [0.3, 0.4) is 0 Å². The van der Waals surface area contributed by atoms with Gasteiger partial charge in [-0.2, -0.15) is 0 Å². The summed E-state index contributed by atoms with van der Waals surface area (Å²) in [6.45, 7) is 4.67. The number of hydrogen-bond donors (Lipinski definition) is 1. The Morgan fingerprint density at radius 2 is 1.73 bits per heavy atom. The summed E-state index contributed by atoms with van der Waals surface area (Å²) < 4.78 is 0. The summed E-state index contributed by atoms with van der Waals surface area (Å²) in [6, 6.07) is 19.5. The van der Waals surface area contributed by atoms with Gasteiger partial charge in [0.1, 0.15) is 0 Å². The molecule has 0 spiro atoms. The normalized spacial score (nSPS) is 12.1. The second-order valence-corrected chi connectivity index (χ2v) is 6.40. The molecular formula is C22H24N2O2. The molecule has 0 saturated heterocycles. The summed E-state index contributed by atoms with van der Waals surface area (Å²) in [6.07, 6.45) is 0.939. The van der Waals surface area contributed by atoms with Crippen molar-refractivity contribution in [1.82, 2.24) is 9.88 Å². The van der Waals surface area contributed by atoms with Crippen molar-refractivity contribution in [3.05, 3.63) is 82.1 Å². The van der Waals surface area contributed by atoms with Crippen LogP contribution in [-0.4, -0.2) is 22.3 Å². The fourth-order valence-corrected chi connectivity index (χ4v) is 3.47. The number of aromatic nitrogens is 1. The Balaban J connectivity index is 1.87. The molecule has 1 unspecified atom stereocenters. The van der Waals surface area contributed by atoms with Gasteiger partial charge in [-0.05, 0) is 36.4 Å². The highest BCUT2D eigenvalue weighted by Crippen LogP contribution is 2.24. The van der Waals surface area contributed by atoms with E-state index >= 15 is 0 Å². The minimum atomic E-state index is -0.194. The van der Waals surface area contributed by atoms with Gasteiger partial charge in [0.25, 0.3) is 5.56 Å². The standard InChI is InChI=1S/C22H24N2O2/c1-3-20(16-10-6-5-7-11-16)24(4-2)21(25)15-18-14-17-12-8-9-13-19(17)23-22(18)26/h5-14,20H,3-4,15H2,1-2H3,(H,23,26). The van der Waals surface area contributed by atoms with Gasteiger partial charge in [0.05, 0.1) is 12.5 Å². The first kappa shape index (κ1) is 17.9. The van der Waals surface area contributed by atoms with E-state index in [0.717, 1.165) is 22.9 Å². The molecular weight excluding hydrogens is 324 g/mol. The zero-order valence-corrected chi connectivity index (χ0v) is 15.2. The van der Waals surface area contributed by atoms with E-state index in [-0.39, 0.29) is 23.9 Å². The molecule has 134 valence electrons. The monoisotopic (exact) mass is 348 g/mol. The van der Waals surface area contributed by atoms with Crippen molar-refractivity contribution in [2.45, 2.75) is 32.7 Å². The van der Waals surface area contributed by atoms with Gasteiger partial charge in [0, 0.05) is 17.6 Å². The van der Waals surface area contributed by atoms with Gasteiger partial charge in [-0.1, -0.05) is 55.5 Å². The van der Waals surface area contributed by atoms with Crippen LogP contribution in [0, 0.1) is 0 Å². The maximum absolute atomic E-state index is 13.0. The van der Waals surface area contributed by atoms with E-state index in [9.17, 15) is 9.59 Å². The Morgan fingerprint density at radius 1 is 1.04 bits per heavy atom. The van der Waals surface area contributed by atoms with Crippen molar-refractivity contribution in [3.8, 4) is 0 Å². The molecule has 1 amide bonds. The molecule has 0 aliphatic rings. The third kappa shape index (κ3) is 3.69. The minimum absolute atomic E-state index is 0.0215. The van der Waals surface area contributed by atoms with Crippen LogP contribution < -0.4 is 5.56 Å². The number of amides is 1. The number of nitrogens with zero attached hydrogens (tertiary/aromatic N) is 1. The summed E-state index contributed by atoms with van der Waals surface area (Å²) in [5.74, 6) is -0.0241. The summed E-state index contributed by atoms with van der Waals surface area (Å²) in [4.78, 5) is 30.1. The summed E-state index contributed by atoms with van der Waals surface area (Å²) in [5, 5.41) is 0.938. The van der Waals surface area contributed by atoms with E-state index in [2.05, 4.69) is 11.9 Å². The number of H-pyrrole nitrogens is 1. The van der Waals surface area contributed by atoms with Crippen LogP contribution in [-0.2, 0) is 11.2 Å². The van der Waals surface area contributed by atoms with E-state index in [0.29, 0.717) is 12.1 Å². The van der Waals surface area contributed by atoms with Crippen LogP contribution in [0.2, 0.25) is 0 Å². The lowest BCUT2D eigenvalue weighted by molar-refractivity contribution is -0.132. The van der Waals surface area contributed by atoms with Crippen molar-refractivity contribution in [3.63, 3.8) is 0 Å². The molecule has 1 heterocycles. The number of nitrogens with one attached hydrogen (secondary N) is 1. The van der Waals surface area contributed by atoms with E-state index in [1.165, 1.54) is 0 Å². The van der Waals surface area contributed by atoms with Gasteiger partial charge in [-0.25, -0.2) is 0 Å². The number of para-hydroxylation sites is 1. The van der Waals surface area contributed by atoms with Crippen molar-refractivity contribution < 1.29 is 4.79 Å². The van der Waals surface area contributed by atoms with Gasteiger partial charge in [-0.15, -0.1) is 0 Å². The lowest BCUT2D eigenvalue weighted by atomic mass is 10.0. The van der Waals surface area contributed by atoms with E-state index in [1.807, 2.05) is 72.5 Å². The molecule has 0 radical (unpaired) electrons. The third-order valence-corrected chi connectivity index (χ3v) is 4.78. The lowest BCUT2D eigenvalue weighted by Crippen LogP contribution is -2.36. The molecule has 0 fully saturated rings. The van der Waals surface area contributed by atoms with Crippen LogP contribution in [0.5, 0.6) is 0 Å². The average molecular weight is 348 g/mol. The second kappa shape index (κ2) is 8.00. The highest BCUT2D eigenvalue weighted by atomic mass is 16.2. The first-order chi connectivity index (χ1) is 12.6. The number of fused-ring (bicyclic) bond motifs is 1. The number of benzene rings is 2. The van der Waals surface area contributed by atoms with Crippen molar-refractivity contribution in [2.24, 2.45) is 0 Å². The first-order valence-corrected chi connectivity index (χ1v) is 9.09. The van der Waals surface area contributed by atoms with Gasteiger partial charge in [-0.3, -0.25) is 9.59 Å². The Morgan fingerprint density at radius 3 is 2.42 bits per heavy atom. The third-order valence-electron chi connectivity index (χ3n) is 4.78. The van der Waals surface area contributed by atoms with Gasteiger partial charge in [0.15, 0.2) is 0 Å². The summed E-state index contributed by atoms with van der Waals surface area (Å²) in [5.41, 5.74) is 2.23. The molecule has 3 rings (SSSR count). The maximum atomic E-state index is 13.0. The highest BCUT2D eigenvalue weighted by molar-refractivity contribution is 5.83. The molecule has 1 N–H and O–H groups in total. The molecule has 0 bridgehead atoms. The average Bonchev–Trinajstić information content (AvgIpc) is 2.67. The summed E-state index contributed by atoms with van der Waals surface area (Å²) >= 11 is 0. The topological polar surface area (TPSA) is 53.2 Å². The number of pyridine rings is 1. The number of carbonyl (C=O) groups excluding carboxylic acids is 1. The Bertz CT molecular complexity index is 947. The molecule has 1 aromatic heterocycles. The maximum Gasteiger partial charge on any atom is 0.252 e. The van der Waals surface area contributed by atoms with Crippen LogP contribution in [0.1, 0.15) is 37.4 Å². The zero-order chi connectivity index (χ0) is 18.5. The van der Waals surface area contributed by atoms with Crippen LogP contribution in [0.15, 0.2) is 65.5 Å². The van der Waals surface area contributed by atoms with Crippen molar-refractivity contribution in [2.75, 3.05) is 6.54 Å². The number of rotatable bonds is 6. The Labute approximate surface area is 153 Å². The van der Waals surface area contributed by atoms with Crippen LogP contribution >= 0.6 is 0 Å². The molecule has 4 heteroatoms. The van der Waals surface area contributed by atoms with Crippen molar-refractivity contribution >= 4 is 16.8 Å². The molecule has 0 saturated carbocycles. The molecule has 26 heavy (non-hydrogen) atoms. The fourth-order valence-electron chi connectivity index (χ4n) is 3.47. The highest BCUT2D eigenvalue weighted by Gasteiger charge is 2.23. The molecule has 3 aromatic rings. The molecule has 0 aliphatic carbocycles. The number of hydrogen-bond acceptors (Lipinski definition) is 2. The van der Waals surface area contributed by atoms with E-state index in [1.54, 1.807) is 0 Å². The van der Waals surface area contributed by atoms with Gasteiger partial charge < -0.3 is 9.88 Å². The largest absolute Gasteiger partial charge is 0.336 e.